The van der Waals surface area contributed by atoms with E-state index in [0.29, 0.717) is 34.0 Å². The molecule has 0 spiro atoms. The summed E-state index contributed by atoms with van der Waals surface area (Å²) in [4.78, 5) is 27.8. The van der Waals surface area contributed by atoms with Crippen LogP contribution in [0, 0.1) is 0 Å². The van der Waals surface area contributed by atoms with E-state index >= 15 is 0 Å². The van der Waals surface area contributed by atoms with Gasteiger partial charge >= 0.3 is 5.97 Å². The monoisotopic (exact) mass is 333 g/mol. The first kappa shape index (κ1) is 15.5. The van der Waals surface area contributed by atoms with Crippen molar-refractivity contribution in [3.63, 3.8) is 0 Å². The SMILES string of the molecule is CCc1nc2c(o1)c(OC)cc1sc(C(=O)CCC(=O)O)cc12. The van der Waals surface area contributed by atoms with E-state index in [9.17, 15) is 9.59 Å². The number of aliphatic carboxylic acids is 1. The van der Waals surface area contributed by atoms with E-state index in [4.69, 9.17) is 14.3 Å². The molecule has 120 valence electrons. The minimum Gasteiger partial charge on any atom is -0.493 e. The molecule has 0 unspecified atom stereocenters. The molecule has 0 amide bonds. The van der Waals surface area contributed by atoms with E-state index in [0.717, 1.165) is 10.1 Å². The van der Waals surface area contributed by atoms with Gasteiger partial charge in [0.2, 0.25) is 0 Å². The fraction of sp³-hybridized carbons (Fsp3) is 0.312. The van der Waals surface area contributed by atoms with E-state index in [1.165, 1.54) is 11.3 Å². The largest absolute Gasteiger partial charge is 0.493 e. The van der Waals surface area contributed by atoms with Gasteiger partial charge in [-0.05, 0) is 6.07 Å². The molecule has 0 bridgehead atoms. The molecule has 6 nitrogen and oxygen atoms in total. The summed E-state index contributed by atoms with van der Waals surface area (Å²) in [6.07, 6.45) is 0.477. The maximum Gasteiger partial charge on any atom is 0.303 e. The average Bonchev–Trinajstić information content (AvgIpc) is 3.14. The Hall–Kier alpha value is -2.41. The highest BCUT2D eigenvalue weighted by molar-refractivity contribution is 7.21. The second kappa shape index (κ2) is 6.00. The van der Waals surface area contributed by atoms with Gasteiger partial charge in [0.05, 0.1) is 18.4 Å². The molecule has 7 heteroatoms. The molecular weight excluding hydrogens is 318 g/mol. The summed E-state index contributed by atoms with van der Waals surface area (Å²) in [6.45, 7) is 1.95. The molecule has 0 fully saturated rings. The summed E-state index contributed by atoms with van der Waals surface area (Å²) in [5.74, 6) is 0.0226. The number of hydrogen-bond acceptors (Lipinski definition) is 6. The lowest BCUT2D eigenvalue weighted by atomic mass is 10.1. The Kier molecular flexibility index (Phi) is 4.04. The van der Waals surface area contributed by atoms with Gasteiger partial charge in [-0.25, -0.2) is 4.98 Å². The van der Waals surface area contributed by atoms with Crippen LogP contribution < -0.4 is 4.74 Å². The molecule has 0 atom stereocenters. The lowest BCUT2D eigenvalue weighted by Gasteiger charge is -1.99. The zero-order valence-corrected chi connectivity index (χ0v) is 13.5. The summed E-state index contributed by atoms with van der Waals surface area (Å²) in [5.41, 5.74) is 1.24. The predicted molar refractivity (Wildman–Crippen MR) is 86.5 cm³/mol. The topological polar surface area (TPSA) is 89.6 Å². The minimum atomic E-state index is -0.979. The fourth-order valence-electron chi connectivity index (χ4n) is 2.38. The summed E-state index contributed by atoms with van der Waals surface area (Å²) in [5, 5.41) is 9.53. The Morgan fingerprint density at radius 1 is 1.35 bits per heavy atom. The van der Waals surface area contributed by atoms with Crippen molar-refractivity contribution in [2.24, 2.45) is 0 Å². The van der Waals surface area contributed by atoms with E-state index in [-0.39, 0.29) is 18.6 Å². The molecule has 0 aliphatic carbocycles. The van der Waals surface area contributed by atoms with Crippen LogP contribution in [0.2, 0.25) is 0 Å². The number of carboxylic acid groups (broad SMARTS) is 1. The average molecular weight is 333 g/mol. The molecule has 1 N–H and O–H groups in total. The van der Waals surface area contributed by atoms with Crippen molar-refractivity contribution in [1.29, 1.82) is 0 Å². The second-order valence-electron chi connectivity index (χ2n) is 5.06. The zero-order valence-electron chi connectivity index (χ0n) is 12.7. The van der Waals surface area contributed by atoms with Crippen molar-refractivity contribution in [3.8, 4) is 5.75 Å². The third kappa shape index (κ3) is 2.79. The van der Waals surface area contributed by atoms with Gasteiger partial charge in [-0.1, -0.05) is 6.92 Å². The number of fused-ring (bicyclic) bond motifs is 3. The molecule has 3 rings (SSSR count). The molecule has 3 aromatic rings. The number of carboxylic acids is 1. The highest BCUT2D eigenvalue weighted by Crippen LogP contribution is 2.38. The maximum absolute atomic E-state index is 12.1. The van der Waals surface area contributed by atoms with Crippen LogP contribution in [0.1, 0.15) is 35.3 Å². The number of rotatable bonds is 6. The number of aromatic nitrogens is 1. The number of thiophene rings is 1. The van der Waals surface area contributed by atoms with Crippen LogP contribution in [0.5, 0.6) is 5.75 Å². The molecule has 0 aliphatic rings. The Bertz CT molecular complexity index is 908. The number of methoxy groups -OCH3 is 1. The molecule has 2 heterocycles. The Morgan fingerprint density at radius 3 is 2.78 bits per heavy atom. The lowest BCUT2D eigenvalue weighted by molar-refractivity contribution is -0.136. The van der Waals surface area contributed by atoms with Crippen molar-refractivity contribution in [1.82, 2.24) is 4.98 Å². The van der Waals surface area contributed by atoms with E-state index < -0.39 is 5.97 Å². The van der Waals surface area contributed by atoms with Gasteiger partial charge in [0.25, 0.3) is 0 Å². The van der Waals surface area contributed by atoms with E-state index in [1.807, 2.05) is 13.0 Å². The number of nitrogens with zero attached hydrogens (tertiary/aromatic N) is 1. The molecule has 0 saturated heterocycles. The zero-order chi connectivity index (χ0) is 16.6. The van der Waals surface area contributed by atoms with Crippen LogP contribution in [0.3, 0.4) is 0 Å². The molecular formula is C16H15NO5S. The first-order valence-corrected chi connectivity index (χ1v) is 8.00. The van der Waals surface area contributed by atoms with Gasteiger partial charge in [-0.3, -0.25) is 9.59 Å². The smallest absolute Gasteiger partial charge is 0.303 e. The number of ketones is 1. The number of ether oxygens (including phenoxy) is 1. The Morgan fingerprint density at radius 2 is 2.13 bits per heavy atom. The number of carbonyl (C=O) groups is 2. The Balaban J connectivity index is 2.11. The number of hydrogen-bond donors (Lipinski definition) is 1. The molecule has 0 radical (unpaired) electrons. The van der Waals surface area contributed by atoms with Gasteiger partial charge in [-0.2, -0.15) is 0 Å². The van der Waals surface area contributed by atoms with Crippen LogP contribution in [0.25, 0.3) is 21.2 Å². The van der Waals surface area contributed by atoms with Crippen molar-refractivity contribution >= 4 is 44.3 Å². The third-order valence-corrected chi connectivity index (χ3v) is 4.66. The second-order valence-corrected chi connectivity index (χ2v) is 6.14. The van der Waals surface area contributed by atoms with Crippen molar-refractivity contribution in [2.45, 2.75) is 26.2 Å². The highest BCUT2D eigenvalue weighted by Gasteiger charge is 2.19. The van der Waals surface area contributed by atoms with Gasteiger partial charge in [0.15, 0.2) is 23.0 Å². The number of oxazole rings is 1. The van der Waals surface area contributed by atoms with E-state index in [2.05, 4.69) is 4.98 Å². The van der Waals surface area contributed by atoms with Crippen LogP contribution in [-0.4, -0.2) is 29.0 Å². The third-order valence-electron chi connectivity index (χ3n) is 3.54. The van der Waals surface area contributed by atoms with Crippen LogP contribution in [0.4, 0.5) is 0 Å². The summed E-state index contributed by atoms with van der Waals surface area (Å²) in [7, 11) is 1.56. The maximum atomic E-state index is 12.1. The van der Waals surface area contributed by atoms with Crippen molar-refractivity contribution < 1.29 is 23.8 Å². The normalized spacial score (nSPS) is 11.2. The molecule has 0 aliphatic heterocycles. The van der Waals surface area contributed by atoms with Gasteiger partial charge in [-0.15, -0.1) is 11.3 Å². The van der Waals surface area contributed by atoms with Crippen molar-refractivity contribution in [2.75, 3.05) is 7.11 Å². The van der Waals surface area contributed by atoms with Gasteiger partial charge in [0, 0.05) is 29.0 Å². The first-order chi connectivity index (χ1) is 11.0. The Labute approximate surface area is 135 Å². The summed E-state index contributed by atoms with van der Waals surface area (Å²) >= 11 is 1.31. The summed E-state index contributed by atoms with van der Waals surface area (Å²) < 4.78 is 11.9. The van der Waals surface area contributed by atoms with Crippen molar-refractivity contribution in [3.05, 3.63) is 22.9 Å². The minimum absolute atomic E-state index is 0.0124. The number of benzene rings is 1. The number of Topliss-reactive ketones (excluding diaryl/α,β-unsaturated/α-hetero) is 1. The number of aryl methyl sites for hydroxylation is 1. The molecule has 23 heavy (non-hydrogen) atoms. The standard InChI is InChI=1S/C16H15NO5S/c1-3-13-17-15-8-6-12(9(18)4-5-14(19)20)23-11(8)7-10(21-2)16(15)22-13/h6-7H,3-5H2,1-2H3,(H,19,20). The number of carbonyl (C=O) groups excluding carboxylic acids is 1. The highest BCUT2D eigenvalue weighted by atomic mass is 32.1. The summed E-state index contributed by atoms with van der Waals surface area (Å²) in [6, 6.07) is 3.58. The predicted octanol–water partition coefficient (Wildman–Crippen LogP) is 3.66. The first-order valence-electron chi connectivity index (χ1n) is 7.18. The molecule has 1 aromatic carbocycles. The molecule has 0 saturated carbocycles. The van der Waals surface area contributed by atoms with Crippen LogP contribution in [0.15, 0.2) is 16.5 Å². The van der Waals surface area contributed by atoms with Gasteiger partial charge < -0.3 is 14.3 Å². The van der Waals surface area contributed by atoms with Crippen LogP contribution in [-0.2, 0) is 11.2 Å². The molecule has 2 aromatic heterocycles. The van der Waals surface area contributed by atoms with E-state index in [1.54, 1.807) is 13.2 Å². The lowest BCUT2D eigenvalue weighted by Crippen LogP contribution is -2.01. The quantitative estimate of drug-likeness (QED) is 0.692. The van der Waals surface area contributed by atoms with Crippen LogP contribution >= 0.6 is 11.3 Å². The van der Waals surface area contributed by atoms with Gasteiger partial charge in [0.1, 0.15) is 5.52 Å². The fourth-order valence-corrected chi connectivity index (χ4v) is 3.44.